The molecule has 0 aliphatic carbocycles. The molecule has 0 unspecified atom stereocenters. The first-order valence-corrected chi connectivity index (χ1v) is 9.12. The summed E-state index contributed by atoms with van der Waals surface area (Å²) in [6.45, 7) is 0.131. The summed E-state index contributed by atoms with van der Waals surface area (Å²) in [5, 5.41) is 2.68. The largest absolute Gasteiger partial charge is 0.393 e. The Balaban J connectivity index is 1.67. The minimum absolute atomic E-state index is 0.0933. The third-order valence-corrected chi connectivity index (χ3v) is 4.82. The molecule has 1 amide bonds. The Morgan fingerprint density at radius 2 is 1.71 bits per heavy atom. The lowest BCUT2D eigenvalue weighted by Crippen LogP contribution is -2.44. The lowest BCUT2D eigenvalue weighted by Gasteiger charge is -2.33. The van der Waals surface area contributed by atoms with E-state index in [2.05, 4.69) is 5.32 Å². The highest BCUT2D eigenvalue weighted by Crippen LogP contribution is 2.33. The van der Waals surface area contributed by atoms with Gasteiger partial charge in [0.05, 0.1) is 18.2 Å². The molecule has 3 rings (SSSR count). The van der Waals surface area contributed by atoms with E-state index in [-0.39, 0.29) is 25.3 Å². The van der Waals surface area contributed by atoms with E-state index >= 15 is 0 Å². The van der Waals surface area contributed by atoms with Gasteiger partial charge in [0.15, 0.2) is 5.78 Å². The molecule has 1 atom stereocenters. The van der Waals surface area contributed by atoms with Crippen LogP contribution in [0.3, 0.4) is 0 Å². The molecule has 0 saturated carbocycles. The molecule has 0 radical (unpaired) electrons. The molecule has 1 heterocycles. The standard InChI is InChI=1S/C21H21F3N2O2/c22-21(23,24)16-9-6-12-26(13-16)14-19(27)25-18-11-5-4-10-17(18)20(28)15-7-2-1-3-8-15/h1-5,7-8,10-11,16H,6,9,12-14H2,(H,25,27)/t16-/m0/s1. The van der Waals surface area contributed by atoms with Gasteiger partial charge >= 0.3 is 6.18 Å². The van der Waals surface area contributed by atoms with Gasteiger partial charge in [-0.15, -0.1) is 0 Å². The summed E-state index contributed by atoms with van der Waals surface area (Å²) in [5.74, 6) is -2.07. The van der Waals surface area contributed by atoms with E-state index in [0.29, 0.717) is 29.8 Å². The number of ketones is 1. The van der Waals surface area contributed by atoms with Crippen LogP contribution in [0.2, 0.25) is 0 Å². The van der Waals surface area contributed by atoms with Crippen LogP contribution in [-0.2, 0) is 4.79 Å². The van der Waals surface area contributed by atoms with Crippen molar-refractivity contribution in [3.05, 3.63) is 65.7 Å². The topological polar surface area (TPSA) is 49.4 Å². The van der Waals surface area contributed by atoms with Gasteiger partial charge in [-0.1, -0.05) is 42.5 Å². The van der Waals surface area contributed by atoms with Crippen molar-refractivity contribution in [1.29, 1.82) is 0 Å². The van der Waals surface area contributed by atoms with E-state index in [1.165, 1.54) is 4.90 Å². The Labute approximate surface area is 161 Å². The Bertz CT molecular complexity index is 837. The van der Waals surface area contributed by atoms with Gasteiger partial charge in [-0.05, 0) is 31.5 Å². The molecule has 28 heavy (non-hydrogen) atoms. The number of halogens is 3. The highest BCUT2D eigenvalue weighted by atomic mass is 19.4. The number of nitrogens with one attached hydrogen (secondary N) is 1. The van der Waals surface area contributed by atoms with Crippen molar-refractivity contribution in [3.63, 3.8) is 0 Å². The van der Waals surface area contributed by atoms with Crippen molar-refractivity contribution >= 4 is 17.4 Å². The Kier molecular flexibility index (Phi) is 6.14. The summed E-state index contributed by atoms with van der Waals surface area (Å²) in [6, 6.07) is 15.3. The smallest absolute Gasteiger partial charge is 0.324 e. The first-order chi connectivity index (χ1) is 13.3. The lowest BCUT2D eigenvalue weighted by atomic mass is 9.97. The summed E-state index contributed by atoms with van der Waals surface area (Å²) in [6.07, 6.45) is -3.75. The van der Waals surface area contributed by atoms with Crippen molar-refractivity contribution in [2.45, 2.75) is 19.0 Å². The van der Waals surface area contributed by atoms with Crippen LogP contribution in [0.4, 0.5) is 18.9 Å². The number of rotatable bonds is 5. The SMILES string of the molecule is O=C(CN1CCC[C@H](C(F)(F)F)C1)Nc1ccccc1C(=O)c1ccccc1. The highest BCUT2D eigenvalue weighted by molar-refractivity contribution is 6.13. The zero-order chi connectivity index (χ0) is 20.1. The van der Waals surface area contributed by atoms with E-state index < -0.39 is 18.0 Å². The van der Waals surface area contributed by atoms with Gasteiger partial charge in [0, 0.05) is 17.7 Å². The van der Waals surface area contributed by atoms with Crippen LogP contribution in [0.15, 0.2) is 54.6 Å². The van der Waals surface area contributed by atoms with Gasteiger partial charge in [0.25, 0.3) is 0 Å². The van der Waals surface area contributed by atoms with Crippen molar-refractivity contribution < 1.29 is 22.8 Å². The van der Waals surface area contributed by atoms with Gasteiger partial charge in [0.1, 0.15) is 0 Å². The van der Waals surface area contributed by atoms with Crippen LogP contribution in [0.25, 0.3) is 0 Å². The number of nitrogens with zero attached hydrogens (tertiary/aromatic N) is 1. The molecule has 0 bridgehead atoms. The van der Waals surface area contributed by atoms with Crippen molar-refractivity contribution in [2.24, 2.45) is 5.92 Å². The number of amides is 1. The molecule has 0 spiro atoms. The van der Waals surface area contributed by atoms with Crippen LogP contribution in [0.5, 0.6) is 0 Å². The van der Waals surface area contributed by atoms with Crippen molar-refractivity contribution in [2.75, 3.05) is 25.0 Å². The number of likely N-dealkylation sites (tertiary alicyclic amines) is 1. The number of carbonyl (C=O) groups excluding carboxylic acids is 2. The minimum atomic E-state index is -4.25. The number of carbonyl (C=O) groups is 2. The molecule has 148 valence electrons. The van der Waals surface area contributed by atoms with Gasteiger partial charge in [-0.2, -0.15) is 13.2 Å². The number of anilines is 1. The number of para-hydroxylation sites is 1. The second-order valence-electron chi connectivity index (χ2n) is 6.90. The second-order valence-corrected chi connectivity index (χ2v) is 6.90. The van der Waals surface area contributed by atoms with Crippen molar-refractivity contribution in [3.8, 4) is 0 Å². The maximum absolute atomic E-state index is 12.9. The van der Waals surface area contributed by atoms with Gasteiger partial charge in [-0.25, -0.2) is 0 Å². The van der Waals surface area contributed by atoms with E-state index in [4.69, 9.17) is 0 Å². The maximum atomic E-state index is 12.9. The van der Waals surface area contributed by atoms with Crippen LogP contribution in [0.1, 0.15) is 28.8 Å². The van der Waals surface area contributed by atoms with Crippen LogP contribution < -0.4 is 5.32 Å². The molecule has 7 heteroatoms. The molecule has 2 aromatic rings. The van der Waals surface area contributed by atoms with E-state index in [1.807, 2.05) is 0 Å². The van der Waals surface area contributed by atoms with Crippen LogP contribution in [-0.4, -0.2) is 42.4 Å². The quantitative estimate of drug-likeness (QED) is 0.781. The fourth-order valence-electron chi connectivity index (χ4n) is 3.39. The molecule has 2 aromatic carbocycles. The molecule has 1 aliphatic rings. The number of piperidine rings is 1. The van der Waals surface area contributed by atoms with E-state index in [9.17, 15) is 22.8 Å². The number of benzene rings is 2. The second kappa shape index (κ2) is 8.56. The van der Waals surface area contributed by atoms with E-state index in [0.717, 1.165) is 0 Å². The molecule has 1 N–H and O–H groups in total. The maximum Gasteiger partial charge on any atom is 0.393 e. The molecule has 1 fully saturated rings. The summed E-state index contributed by atoms with van der Waals surface area (Å²) in [7, 11) is 0. The summed E-state index contributed by atoms with van der Waals surface area (Å²) in [5.41, 5.74) is 1.19. The predicted molar refractivity (Wildman–Crippen MR) is 100 cm³/mol. The van der Waals surface area contributed by atoms with Gasteiger partial charge < -0.3 is 5.32 Å². The Morgan fingerprint density at radius 3 is 2.43 bits per heavy atom. The first kappa shape index (κ1) is 20.1. The summed E-state index contributed by atoms with van der Waals surface area (Å²) in [4.78, 5) is 26.6. The monoisotopic (exact) mass is 390 g/mol. The summed E-state index contributed by atoms with van der Waals surface area (Å²) < 4.78 is 38.8. The predicted octanol–water partition coefficient (Wildman–Crippen LogP) is 4.13. The Morgan fingerprint density at radius 1 is 1.04 bits per heavy atom. The fourth-order valence-corrected chi connectivity index (χ4v) is 3.39. The minimum Gasteiger partial charge on any atom is -0.324 e. The molecule has 1 aliphatic heterocycles. The molecular weight excluding hydrogens is 369 g/mol. The van der Waals surface area contributed by atoms with Crippen LogP contribution >= 0.6 is 0 Å². The van der Waals surface area contributed by atoms with Crippen molar-refractivity contribution in [1.82, 2.24) is 4.90 Å². The van der Waals surface area contributed by atoms with Crippen LogP contribution in [0, 0.1) is 5.92 Å². The average molecular weight is 390 g/mol. The highest BCUT2D eigenvalue weighted by Gasteiger charge is 2.41. The lowest BCUT2D eigenvalue weighted by molar-refractivity contribution is -0.186. The Hall–Kier alpha value is -2.67. The summed E-state index contributed by atoms with van der Waals surface area (Å²) >= 11 is 0. The number of hydrogen-bond acceptors (Lipinski definition) is 3. The van der Waals surface area contributed by atoms with Gasteiger partial charge in [-0.3, -0.25) is 14.5 Å². The zero-order valence-corrected chi connectivity index (χ0v) is 15.2. The third kappa shape index (κ3) is 4.98. The molecule has 1 saturated heterocycles. The third-order valence-electron chi connectivity index (χ3n) is 4.82. The number of alkyl halides is 3. The fraction of sp³-hybridized carbons (Fsp3) is 0.333. The first-order valence-electron chi connectivity index (χ1n) is 9.12. The van der Waals surface area contributed by atoms with E-state index in [1.54, 1.807) is 54.6 Å². The molecule has 0 aromatic heterocycles. The molecule has 4 nitrogen and oxygen atoms in total. The normalized spacial score (nSPS) is 17.9. The average Bonchev–Trinajstić information content (AvgIpc) is 2.68. The molecular formula is C21H21F3N2O2. The zero-order valence-electron chi connectivity index (χ0n) is 15.2. The number of hydrogen-bond donors (Lipinski definition) is 1. The van der Waals surface area contributed by atoms with Gasteiger partial charge in [0.2, 0.25) is 5.91 Å².